The van der Waals surface area contributed by atoms with Gasteiger partial charge < -0.3 is 8.92 Å². The van der Waals surface area contributed by atoms with Crippen molar-refractivity contribution in [2.75, 3.05) is 6.61 Å². The lowest BCUT2D eigenvalue weighted by Gasteiger charge is -2.27. The molecule has 29 heavy (non-hydrogen) atoms. The number of rotatable bonds is 6. The summed E-state index contributed by atoms with van der Waals surface area (Å²) >= 11 is 0. The van der Waals surface area contributed by atoms with Gasteiger partial charge in [-0.05, 0) is 36.6 Å². The Morgan fingerprint density at radius 2 is 1.69 bits per heavy atom. The van der Waals surface area contributed by atoms with Gasteiger partial charge in [0.2, 0.25) is 0 Å². The summed E-state index contributed by atoms with van der Waals surface area (Å²) in [5.41, 5.74) is -5.17. The van der Waals surface area contributed by atoms with E-state index >= 15 is 0 Å². The monoisotopic (exact) mass is 452 g/mol. The molecule has 0 radical (unpaired) electrons. The number of halogens is 3. The van der Waals surface area contributed by atoms with Crippen molar-refractivity contribution < 1.29 is 43.1 Å². The minimum Gasteiger partial charge on any atom is -0.484 e. The maximum absolute atomic E-state index is 12.6. The highest BCUT2D eigenvalue weighted by atomic mass is 32.2. The lowest BCUT2D eigenvalue weighted by atomic mass is 10.0. The van der Waals surface area contributed by atoms with Crippen LogP contribution in [-0.4, -0.2) is 35.1 Å². The topological polar surface area (TPSA) is 96.0 Å². The lowest BCUT2D eigenvalue weighted by Crippen LogP contribution is -2.31. The van der Waals surface area contributed by atoms with E-state index in [1.807, 2.05) is 0 Å². The van der Waals surface area contributed by atoms with Crippen LogP contribution in [0.4, 0.5) is 13.2 Å². The molecule has 0 N–H and O–H groups in total. The highest BCUT2D eigenvalue weighted by Crippen LogP contribution is 2.39. The van der Waals surface area contributed by atoms with E-state index in [0.29, 0.717) is 18.4 Å². The zero-order valence-electron chi connectivity index (χ0n) is 14.6. The van der Waals surface area contributed by atoms with Crippen LogP contribution < -0.4 is 8.92 Å². The molecule has 1 aliphatic heterocycles. The van der Waals surface area contributed by atoms with Crippen LogP contribution in [0.3, 0.4) is 0 Å². The fourth-order valence-corrected chi connectivity index (χ4v) is 4.02. The quantitative estimate of drug-likeness (QED) is 0.491. The molecule has 0 amide bonds. The second kappa shape index (κ2) is 7.84. The van der Waals surface area contributed by atoms with Crippen molar-refractivity contribution in [1.29, 1.82) is 0 Å². The molecule has 0 bridgehead atoms. The van der Waals surface area contributed by atoms with Crippen LogP contribution in [0.2, 0.25) is 0 Å². The van der Waals surface area contributed by atoms with Crippen molar-refractivity contribution in [3.63, 3.8) is 0 Å². The molecule has 12 heteroatoms. The van der Waals surface area contributed by atoms with E-state index in [1.54, 1.807) is 12.1 Å². The van der Waals surface area contributed by atoms with Crippen LogP contribution in [0.25, 0.3) is 0 Å². The largest absolute Gasteiger partial charge is 0.534 e. The molecule has 2 aromatic rings. The average molecular weight is 452 g/mol. The first-order chi connectivity index (χ1) is 13.5. The van der Waals surface area contributed by atoms with Crippen LogP contribution >= 0.6 is 0 Å². The van der Waals surface area contributed by atoms with Crippen LogP contribution in [0.15, 0.2) is 53.4 Å². The van der Waals surface area contributed by atoms with Gasteiger partial charge in [0.25, 0.3) is 10.1 Å². The average Bonchev–Trinajstić information content (AvgIpc) is 2.66. The van der Waals surface area contributed by atoms with Crippen LogP contribution in [0, 0.1) is 0 Å². The SMILES string of the molecule is O=S(=O)(OCC1CCc2cccc(OS(=O)(=O)C(F)(F)F)c2O1)c1ccccc1. The Morgan fingerprint density at radius 3 is 2.34 bits per heavy atom. The highest BCUT2D eigenvalue weighted by molar-refractivity contribution is 7.88. The number of fused-ring (bicyclic) bond motifs is 1. The molecule has 1 atom stereocenters. The molecule has 1 unspecified atom stereocenters. The standard InChI is InChI=1S/C17H15F3O7S2/c18-17(19,20)29(23,24)27-15-8-4-5-12-9-10-13(26-16(12)15)11-25-28(21,22)14-6-2-1-3-7-14/h1-8,13H,9-11H2. The van der Waals surface area contributed by atoms with E-state index < -0.39 is 44.2 Å². The Hall–Kier alpha value is -2.31. The summed E-state index contributed by atoms with van der Waals surface area (Å²) < 4.78 is 99.4. The Labute approximate surface area is 165 Å². The number of para-hydroxylation sites is 1. The smallest absolute Gasteiger partial charge is 0.484 e. The van der Waals surface area contributed by atoms with Crippen molar-refractivity contribution in [2.24, 2.45) is 0 Å². The summed E-state index contributed by atoms with van der Waals surface area (Å²) in [6.45, 7) is -0.406. The Kier molecular flexibility index (Phi) is 5.79. The summed E-state index contributed by atoms with van der Waals surface area (Å²) in [5, 5.41) is 0. The van der Waals surface area contributed by atoms with E-state index in [9.17, 15) is 30.0 Å². The zero-order chi connectivity index (χ0) is 21.3. The van der Waals surface area contributed by atoms with Gasteiger partial charge in [-0.15, -0.1) is 0 Å². The summed E-state index contributed by atoms with van der Waals surface area (Å²) in [5.74, 6) is -0.826. The fourth-order valence-electron chi connectivity index (χ4n) is 2.60. The fraction of sp³-hybridized carbons (Fsp3) is 0.294. The minimum atomic E-state index is -5.88. The van der Waals surface area contributed by atoms with Gasteiger partial charge in [-0.1, -0.05) is 30.3 Å². The van der Waals surface area contributed by atoms with Gasteiger partial charge in [0, 0.05) is 0 Å². The third-order valence-electron chi connectivity index (χ3n) is 4.00. The molecular weight excluding hydrogens is 437 g/mol. The molecule has 0 aromatic heterocycles. The van der Waals surface area contributed by atoms with Gasteiger partial charge in [0.05, 0.1) is 4.90 Å². The Balaban J connectivity index is 1.75. The molecule has 0 saturated heterocycles. The van der Waals surface area contributed by atoms with Gasteiger partial charge >= 0.3 is 15.6 Å². The molecule has 1 aliphatic rings. The first-order valence-electron chi connectivity index (χ1n) is 8.23. The lowest BCUT2D eigenvalue weighted by molar-refractivity contribution is -0.0501. The van der Waals surface area contributed by atoms with Crippen LogP contribution in [0.1, 0.15) is 12.0 Å². The van der Waals surface area contributed by atoms with Crippen LogP contribution in [-0.2, 0) is 30.8 Å². The van der Waals surface area contributed by atoms with E-state index in [2.05, 4.69) is 4.18 Å². The molecular formula is C17H15F3O7S2. The number of hydrogen-bond acceptors (Lipinski definition) is 7. The van der Waals surface area contributed by atoms with Gasteiger partial charge in [-0.25, -0.2) is 0 Å². The molecule has 0 saturated carbocycles. The number of ether oxygens (including phenoxy) is 1. The van der Waals surface area contributed by atoms with Gasteiger partial charge in [-0.3, -0.25) is 4.18 Å². The van der Waals surface area contributed by atoms with Crippen molar-refractivity contribution in [1.82, 2.24) is 0 Å². The molecule has 1 heterocycles. The third-order valence-corrected chi connectivity index (χ3v) is 6.27. The van der Waals surface area contributed by atoms with Gasteiger partial charge in [0.15, 0.2) is 11.5 Å². The van der Waals surface area contributed by atoms with Gasteiger partial charge in [-0.2, -0.15) is 30.0 Å². The predicted molar refractivity (Wildman–Crippen MR) is 94.4 cm³/mol. The van der Waals surface area contributed by atoms with Gasteiger partial charge in [0.1, 0.15) is 12.7 Å². The molecule has 7 nitrogen and oxygen atoms in total. The summed E-state index contributed by atoms with van der Waals surface area (Å²) in [4.78, 5) is -0.0588. The minimum absolute atomic E-state index is 0.0588. The second-order valence-electron chi connectivity index (χ2n) is 6.06. The molecule has 0 fully saturated rings. The summed E-state index contributed by atoms with van der Waals surface area (Å²) in [6, 6.07) is 11.3. The van der Waals surface area contributed by atoms with Crippen molar-refractivity contribution in [3.8, 4) is 11.5 Å². The summed E-state index contributed by atoms with van der Waals surface area (Å²) in [6.07, 6.45) is -0.218. The molecule has 0 aliphatic carbocycles. The van der Waals surface area contributed by atoms with Crippen LogP contribution in [0.5, 0.6) is 11.5 Å². The first kappa shape index (κ1) is 21.4. The summed E-state index contributed by atoms with van der Waals surface area (Å²) in [7, 11) is -9.93. The number of aryl methyl sites for hydroxylation is 1. The first-order valence-corrected chi connectivity index (χ1v) is 11.0. The predicted octanol–water partition coefficient (Wildman–Crippen LogP) is 3.01. The molecule has 2 aromatic carbocycles. The normalized spacial score (nSPS) is 17.3. The van der Waals surface area contributed by atoms with E-state index in [-0.39, 0.29) is 10.6 Å². The molecule has 3 rings (SSSR count). The third kappa shape index (κ3) is 4.82. The highest BCUT2D eigenvalue weighted by Gasteiger charge is 2.49. The maximum atomic E-state index is 12.6. The number of benzene rings is 2. The number of hydrogen-bond donors (Lipinski definition) is 0. The Bertz CT molecular complexity index is 1080. The van der Waals surface area contributed by atoms with Crippen molar-refractivity contribution in [3.05, 3.63) is 54.1 Å². The molecule has 158 valence electrons. The van der Waals surface area contributed by atoms with E-state index in [0.717, 1.165) is 6.07 Å². The zero-order valence-corrected chi connectivity index (χ0v) is 16.3. The van der Waals surface area contributed by atoms with Crippen molar-refractivity contribution >= 4 is 20.2 Å². The number of alkyl halides is 3. The maximum Gasteiger partial charge on any atom is 0.534 e. The second-order valence-corrected chi connectivity index (χ2v) is 9.21. The van der Waals surface area contributed by atoms with E-state index in [4.69, 9.17) is 8.92 Å². The van der Waals surface area contributed by atoms with Crippen molar-refractivity contribution in [2.45, 2.75) is 29.3 Å². The Morgan fingerprint density at radius 1 is 1.00 bits per heavy atom. The van der Waals surface area contributed by atoms with E-state index in [1.165, 1.54) is 30.3 Å². The molecule has 0 spiro atoms.